The van der Waals surface area contributed by atoms with Crippen LogP contribution in [-0.2, 0) is 6.54 Å². The van der Waals surface area contributed by atoms with Crippen LogP contribution in [0.3, 0.4) is 0 Å². The summed E-state index contributed by atoms with van der Waals surface area (Å²) >= 11 is 1.50. The van der Waals surface area contributed by atoms with E-state index in [2.05, 4.69) is 15.4 Å². The van der Waals surface area contributed by atoms with Gasteiger partial charge < -0.3 is 10.3 Å². The molecule has 0 spiro atoms. The first-order valence-corrected chi connectivity index (χ1v) is 9.66. The maximum absolute atomic E-state index is 12.7. The Hall–Kier alpha value is -2.54. The number of aromatic nitrogens is 3. The van der Waals surface area contributed by atoms with Crippen LogP contribution in [-0.4, -0.2) is 26.9 Å². The fraction of sp³-hybridized carbons (Fsp3) is 0.316. The summed E-state index contributed by atoms with van der Waals surface area (Å²) in [5.74, 6) is -0.217. The zero-order valence-electron chi connectivity index (χ0n) is 15.3. The number of benzene rings is 1. The lowest BCUT2D eigenvalue weighted by molar-refractivity contribution is 0.0952. The molecule has 3 rings (SSSR count). The van der Waals surface area contributed by atoms with Gasteiger partial charge in [-0.3, -0.25) is 14.3 Å². The molecular weight excluding hydrogens is 348 g/mol. The number of rotatable bonds is 5. The van der Waals surface area contributed by atoms with Crippen molar-refractivity contribution in [2.75, 3.05) is 6.26 Å². The van der Waals surface area contributed by atoms with E-state index >= 15 is 0 Å². The minimum Gasteiger partial charge on any atom is -0.348 e. The Morgan fingerprint density at radius 1 is 1.38 bits per heavy atom. The van der Waals surface area contributed by atoms with Crippen LogP contribution in [0, 0.1) is 6.92 Å². The highest BCUT2D eigenvalue weighted by atomic mass is 32.2. The van der Waals surface area contributed by atoms with Gasteiger partial charge in [0.1, 0.15) is 0 Å². The third-order valence-electron chi connectivity index (χ3n) is 4.25. The van der Waals surface area contributed by atoms with E-state index in [1.807, 2.05) is 49.9 Å². The Balaban J connectivity index is 1.88. The minimum atomic E-state index is -0.217. The van der Waals surface area contributed by atoms with Crippen LogP contribution in [0.2, 0.25) is 0 Å². The van der Waals surface area contributed by atoms with Crippen molar-refractivity contribution < 1.29 is 4.79 Å². The van der Waals surface area contributed by atoms with Crippen LogP contribution >= 0.6 is 11.8 Å². The maximum Gasteiger partial charge on any atom is 0.254 e. The monoisotopic (exact) mass is 370 g/mol. The molecule has 0 aliphatic rings. The van der Waals surface area contributed by atoms with Gasteiger partial charge in [-0.05, 0) is 45.2 Å². The van der Waals surface area contributed by atoms with Crippen LogP contribution in [0.15, 0.2) is 40.2 Å². The van der Waals surface area contributed by atoms with Crippen LogP contribution in [0.1, 0.15) is 41.5 Å². The Morgan fingerprint density at radius 2 is 2.15 bits per heavy atom. The van der Waals surface area contributed by atoms with Crippen LogP contribution in [0.4, 0.5) is 0 Å². The number of carbonyl (C=O) groups excluding carboxylic acids is 1. The molecule has 1 amide bonds. The number of aromatic amines is 1. The Kier molecular flexibility index (Phi) is 5.18. The molecule has 6 nitrogen and oxygen atoms in total. The second-order valence-corrected chi connectivity index (χ2v) is 7.28. The van der Waals surface area contributed by atoms with Crippen LogP contribution in [0.25, 0.3) is 10.9 Å². The highest BCUT2D eigenvalue weighted by Gasteiger charge is 2.15. The first-order valence-electron chi connectivity index (χ1n) is 8.43. The molecule has 0 fully saturated rings. The predicted octanol–water partition coefficient (Wildman–Crippen LogP) is 3.27. The van der Waals surface area contributed by atoms with Gasteiger partial charge in [0.15, 0.2) is 0 Å². The highest BCUT2D eigenvalue weighted by Crippen LogP contribution is 2.22. The average Bonchev–Trinajstić information content (AvgIpc) is 3.04. The number of hydrogen-bond acceptors (Lipinski definition) is 4. The number of fused-ring (bicyclic) bond motifs is 1. The van der Waals surface area contributed by atoms with Gasteiger partial charge in [0.25, 0.3) is 11.5 Å². The van der Waals surface area contributed by atoms with E-state index in [1.165, 1.54) is 11.8 Å². The van der Waals surface area contributed by atoms with E-state index < -0.39 is 0 Å². The van der Waals surface area contributed by atoms with Gasteiger partial charge in [-0.1, -0.05) is 6.07 Å². The number of aryl methyl sites for hydroxylation is 1. The number of hydrogen-bond donors (Lipinski definition) is 2. The molecule has 7 heteroatoms. The van der Waals surface area contributed by atoms with Gasteiger partial charge in [0.05, 0.1) is 17.3 Å². The van der Waals surface area contributed by atoms with Crippen molar-refractivity contribution in [3.63, 3.8) is 0 Å². The van der Waals surface area contributed by atoms with E-state index in [0.717, 1.165) is 21.5 Å². The molecule has 26 heavy (non-hydrogen) atoms. The standard InChI is InChI=1S/C19H22N4O2S/c1-11(2)23-16-7-5-6-13(14(16)10-21-23)18(24)20-9-15-17(26-4)8-12(3)22-19(15)25/h5-8,10-11H,9H2,1-4H3,(H,20,24)(H,22,25). The van der Waals surface area contributed by atoms with Crippen molar-refractivity contribution in [1.29, 1.82) is 0 Å². The smallest absolute Gasteiger partial charge is 0.254 e. The molecule has 0 radical (unpaired) electrons. The molecule has 3 aromatic rings. The molecule has 0 saturated heterocycles. The average molecular weight is 370 g/mol. The number of pyridine rings is 1. The molecule has 0 saturated carbocycles. The van der Waals surface area contributed by atoms with E-state index in [-0.39, 0.29) is 24.1 Å². The van der Waals surface area contributed by atoms with Gasteiger partial charge in [0.2, 0.25) is 0 Å². The third kappa shape index (κ3) is 3.39. The Labute approximate surface area is 156 Å². The quantitative estimate of drug-likeness (QED) is 0.676. The third-order valence-corrected chi connectivity index (χ3v) is 5.05. The van der Waals surface area contributed by atoms with Crippen molar-refractivity contribution in [3.8, 4) is 0 Å². The summed E-state index contributed by atoms with van der Waals surface area (Å²) in [5, 5.41) is 8.06. The first kappa shape index (κ1) is 18.3. The normalized spacial score (nSPS) is 11.3. The van der Waals surface area contributed by atoms with E-state index in [0.29, 0.717) is 11.1 Å². The van der Waals surface area contributed by atoms with Crippen molar-refractivity contribution in [2.45, 2.75) is 38.3 Å². The van der Waals surface area contributed by atoms with Crippen LogP contribution < -0.4 is 10.9 Å². The summed E-state index contributed by atoms with van der Waals surface area (Å²) in [6, 6.07) is 7.71. The Bertz CT molecular complexity index is 1020. The summed E-state index contributed by atoms with van der Waals surface area (Å²) in [6.07, 6.45) is 3.64. The lowest BCUT2D eigenvalue weighted by atomic mass is 10.1. The van der Waals surface area contributed by atoms with Crippen molar-refractivity contribution >= 4 is 28.6 Å². The molecular formula is C19H22N4O2S. The summed E-state index contributed by atoms with van der Waals surface area (Å²) in [4.78, 5) is 28.6. The highest BCUT2D eigenvalue weighted by molar-refractivity contribution is 7.98. The fourth-order valence-electron chi connectivity index (χ4n) is 2.98. The number of carbonyl (C=O) groups is 1. The van der Waals surface area contributed by atoms with Gasteiger partial charge in [-0.25, -0.2) is 0 Å². The molecule has 2 aromatic heterocycles. The van der Waals surface area contributed by atoms with Crippen LogP contribution in [0.5, 0.6) is 0 Å². The predicted molar refractivity (Wildman–Crippen MR) is 105 cm³/mol. The van der Waals surface area contributed by atoms with E-state index in [4.69, 9.17) is 0 Å². The minimum absolute atomic E-state index is 0.166. The molecule has 0 unspecified atom stereocenters. The number of thioether (sulfide) groups is 1. The van der Waals surface area contributed by atoms with Gasteiger partial charge in [-0.15, -0.1) is 11.8 Å². The number of nitrogens with one attached hydrogen (secondary N) is 2. The fourth-order valence-corrected chi connectivity index (χ4v) is 3.69. The molecule has 0 bridgehead atoms. The SMILES string of the molecule is CSc1cc(C)[nH]c(=O)c1CNC(=O)c1cccc2c1cnn2C(C)C. The van der Waals surface area contributed by atoms with Gasteiger partial charge in [-0.2, -0.15) is 5.10 Å². The summed E-state index contributed by atoms with van der Waals surface area (Å²) < 4.78 is 1.89. The second kappa shape index (κ2) is 7.37. The molecule has 2 heterocycles. The summed E-state index contributed by atoms with van der Waals surface area (Å²) in [7, 11) is 0. The van der Waals surface area contributed by atoms with Gasteiger partial charge in [0, 0.05) is 34.1 Å². The summed E-state index contributed by atoms with van der Waals surface area (Å²) in [6.45, 7) is 6.12. The number of amides is 1. The van der Waals surface area contributed by atoms with E-state index in [1.54, 1.807) is 12.3 Å². The molecule has 0 aliphatic carbocycles. The Morgan fingerprint density at radius 3 is 2.85 bits per heavy atom. The number of nitrogens with zero attached hydrogens (tertiary/aromatic N) is 2. The summed E-state index contributed by atoms with van der Waals surface area (Å²) in [5.41, 5.74) is 2.69. The number of H-pyrrole nitrogens is 1. The topological polar surface area (TPSA) is 79.8 Å². The molecule has 0 aliphatic heterocycles. The molecule has 1 aromatic carbocycles. The lowest BCUT2D eigenvalue weighted by Gasteiger charge is -2.10. The maximum atomic E-state index is 12.7. The molecule has 0 atom stereocenters. The van der Waals surface area contributed by atoms with Crippen molar-refractivity contribution in [3.05, 3.63) is 57.6 Å². The largest absolute Gasteiger partial charge is 0.348 e. The first-order chi connectivity index (χ1) is 12.4. The molecule has 136 valence electrons. The second-order valence-electron chi connectivity index (χ2n) is 6.43. The van der Waals surface area contributed by atoms with Crippen molar-refractivity contribution in [2.24, 2.45) is 0 Å². The zero-order chi connectivity index (χ0) is 18.8. The lowest BCUT2D eigenvalue weighted by Crippen LogP contribution is -2.27. The van der Waals surface area contributed by atoms with Crippen molar-refractivity contribution in [1.82, 2.24) is 20.1 Å². The van der Waals surface area contributed by atoms with Gasteiger partial charge >= 0.3 is 0 Å². The zero-order valence-corrected chi connectivity index (χ0v) is 16.1. The van der Waals surface area contributed by atoms with E-state index in [9.17, 15) is 9.59 Å². The molecule has 2 N–H and O–H groups in total.